The molecule has 0 spiro atoms. The van der Waals surface area contributed by atoms with Crippen LogP contribution < -0.4 is 10.0 Å². The number of sulfonamides is 1. The third-order valence-corrected chi connectivity index (χ3v) is 6.51. The van der Waals surface area contributed by atoms with Gasteiger partial charge >= 0.3 is 0 Å². The first-order valence-electron chi connectivity index (χ1n) is 8.42. The fraction of sp³-hybridized carbons (Fsp3) is 0.368. The molecular formula is C19H25N3O3S. The van der Waals surface area contributed by atoms with Gasteiger partial charge in [-0.3, -0.25) is 4.79 Å². The number of carbonyl (C=O) groups excluding carboxylic acids is 1. The molecule has 0 aliphatic heterocycles. The van der Waals surface area contributed by atoms with Crippen molar-refractivity contribution in [3.63, 3.8) is 0 Å². The van der Waals surface area contributed by atoms with Crippen LogP contribution in [0.5, 0.6) is 0 Å². The number of benzene rings is 1. The number of hydrogen-bond donors (Lipinski definition) is 2. The molecule has 6 nitrogen and oxygen atoms in total. The minimum atomic E-state index is -3.70. The lowest BCUT2D eigenvalue weighted by Gasteiger charge is -2.19. The molecule has 1 heterocycles. The Labute approximate surface area is 155 Å². The minimum absolute atomic E-state index is 0.0197. The molecule has 1 aromatic carbocycles. The molecule has 0 aliphatic rings. The zero-order valence-corrected chi connectivity index (χ0v) is 16.6. The van der Waals surface area contributed by atoms with Gasteiger partial charge in [-0.2, -0.15) is 0 Å². The molecule has 0 saturated heterocycles. The minimum Gasteiger partial charge on any atom is -0.311 e. The lowest BCUT2D eigenvalue weighted by Crippen LogP contribution is -2.29. The Bertz CT molecular complexity index is 894. The van der Waals surface area contributed by atoms with E-state index in [9.17, 15) is 13.2 Å². The van der Waals surface area contributed by atoms with Crippen LogP contribution in [-0.2, 0) is 14.8 Å². The summed E-state index contributed by atoms with van der Waals surface area (Å²) in [4.78, 5) is 16.2. The van der Waals surface area contributed by atoms with Crippen LogP contribution in [0.25, 0.3) is 0 Å². The van der Waals surface area contributed by atoms with Crippen LogP contribution in [0, 0.1) is 34.6 Å². The molecule has 0 saturated carbocycles. The molecule has 0 aliphatic carbocycles. The Morgan fingerprint density at radius 3 is 2.08 bits per heavy atom. The first kappa shape index (κ1) is 20.1. The van der Waals surface area contributed by atoms with Crippen molar-refractivity contribution in [3.8, 4) is 0 Å². The number of hydrogen-bond acceptors (Lipinski definition) is 4. The lowest BCUT2D eigenvalue weighted by atomic mass is 9.95. The monoisotopic (exact) mass is 375 g/mol. The van der Waals surface area contributed by atoms with Gasteiger partial charge in [0.15, 0.2) is 0 Å². The van der Waals surface area contributed by atoms with Crippen molar-refractivity contribution in [1.82, 2.24) is 9.71 Å². The van der Waals surface area contributed by atoms with E-state index < -0.39 is 10.0 Å². The molecule has 0 fully saturated rings. The molecule has 140 valence electrons. The van der Waals surface area contributed by atoms with E-state index in [-0.39, 0.29) is 18.9 Å². The number of anilines is 1. The van der Waals surface area contributed by atoms with Crippen LogP contribution >= 0.6 is 0 Å². The van der Waals surface area contributed by atoms with Crippen LogP contribution in [0.15, 0.2) is 29.3 Å². The summed E-state index contributed by atoms with van der Waals surface area (Å²) in [6.07, 6.45) is 1.60. The van der Waals surface area contributed by atoms with Gasteiger partial charge in [-0.05, 0) is 74.6 Å². The van der Waals surface area contributed by atoms with Crippen molar-refractivity contribution in [3.05, 3.63) is 52.2 Å². The normalized spacial score (nSPS) is 11.4. The quantitative estimate of drug-likeness (QED) is 0.812. The molecule has 2 rings (SSSR count). The fourth-order valence-electron chi connectivity index (χ4n) is 2.88. The highest BCUT2D eigenvalue weighted by molar-refractivity contribution is 7.89. The Morgan fingerprint density at radius 2 is 1.54 bits per heavy atom. The Morgan fingerprint density at radius 1 is 0.962 bits per heavy atom. The van der Waals surface area contributed by atoms with E-state index in [1.165, 1.54) is 0 Å². The summed E-state index contributed by atoms with van der Waals surface area (Å²) in [7, 11) is -3.70. The van der Waals surface area contributed by atoms with Crippen molar-refractivity contribution in [2.75, 3.05) is 11.9 Å². The number of aromatic nitrogens is 1. The average molecular weight is 375 g/mol. The number of nitrogens with one attached hydrogen (secondary N) is 2. The lowest BCUT2D eigenvalue weighted by molar-refractivity contribution is -0.116. The highest BCUT2D eigenvalue weighted by atomic mass is 32.2. The van der Waals surface area contributed by atoms with Gasteiger partial charge in [-0.1, -0.05) is 6.07 Å². The Kier molecular flexibility index (Phi) is 6.15. The third kappa shape index (κ3) is 4.28. The summed E-state index contributed by atoms with van der Waals surface area (Å²) in [6.45, 7) is 9.50. The first-order chi connectivity index (χ1) is 12.1. The summed E-state index contributed by atoms with van der Waals surface area (Å²) < 4.78 is 28.1. The molecule has 26 heavy (non-hydrogen) atoms. The standard InChI is InChI=1S/C19H25N3O3S/c1-12-13(2)15(4)19(16(5)14(12)3)26(24,25)21-11-9-18(23)22-17-8-6-7-10-20-17/h6-8,10,21H,9,11H2,1-5H3,(H,20,22,23). The van der Waals surface area contributed by atoms with Crippen LogP contribution in [0.2, 0.25) is 0 Å². The third-order valence-electron chi connectivity index (χ3n) is 4.78. The molecule has 2 aromatic rings. The average Bonchev–Trinajstić information content (AvgIpc) is 2.59. The number of carbonyl (C=O) groups is 1. The van der Waals surface area contributed by atoms with Crippen LogP contribution in [0.4, 0.5) is 5.82 Å². The topological polar surface area (TPSA) is 88.2 Å². The van der Waals surface area contributed by atoms with E-state index in [1.807, 2.05) is 34.6 Å². The van der Waals surface area contributed by atoms with Gasteiger partial charge in [0.25, 0.3) is 0 Å². The van der Waals surface area contributed by atoms with Crippen molar-refractivity contribution < 1.29 is 13.2 Å². The predicted molar refractivity (Wildman–Crippen MR) is 103 cm³/mol. The molecule has 0 bridgehead atoms. The predicted octanol–water partition coefficient (Wildman–Crippen LogP) is 2.93. The van der Waals surface area contributed by atoms with Gasteiger partial charge < -0.3 is 5.32 Å². The Balaban J connectivity index is 2.09. The molecule has 0 unspecified atom stereocenters. The first-order valence-corrected chi connectivity index (χ1v) is 9.91. The maximum Gasteiger partial charge on any atom is 0.241 e. The molecule has 1 aromatic heterocycles. The highest BCUT2D eigenvalue weighted by Crippen LogP contribution is 2.29. The van der Waals surface area contributed by atoms with Gasteiger partial charge in [-0.25, -0.2) is 18.1 Å². The summed E-state index contributed by atoms with van der Waals surface area (Å²) >= 11 is 0. The van der Waals surface area contributed by atoms with Crippen molar-refractivity contribution in [2.24, 2.45) is 0 Å². The summed E-state index contributed by atoms with van der Waals surface area (Å²) in [5, 5.41) is 2.63. The van der Waals surface area contributed by atoms with Gasteiger partial charge in [0.05, 0.1) is 4.90 Å². The van der Waals surface area contributed by atoms with E-state index >= 15 is 0 Å². The Hall–Kier alpha value is -2.25. The second-order valence-electron chi connectivity index (χ2n) is 6.37. The van der Waals surface area contributed by atoms with Crippen molar-refractivity contribution >= 4 is 21.7 Å². The van der Waals surface area contributed by atoms with Crippen molar-refractivity contribution in [2.45, 2.75) is 45.9 Å². The van der Waals surface area contributed by atoms with Crippen LogP contribution in [0.3, 0.4) is 0 Å². The van der Waals surface area contributed by atoms with Gasteiger partial charge in [0.2, 0.25) is 15.9 Å². The molecule has 7 heteroatoms. The van der Waals surface area contributed by atoms with E-state index in [2.05, 4.69) is 15.0 Å². The zero-order valence-electron chi connectivity index (χ0n) is 15.8. The van der Waals surface area contributed by atoms with E-state index in [0.29, 0.717) is 10.7 Å². The number of amides is 1. The number of rotatable bonds is 6. The van der Waals surface area contributed by atoms with Crippen LogP contribution in [0.1, 0.15) is 34.2 Å². The smallest absolute Gasteiger partial charge is 0.241 e. The summed E-state index contributed by atoms with van der Waals surface area (Å²) in [5.41, 5.74) is 4.54. The fourth-order valence-corrected chi connectivity index (χ4v) is 4.51. The van der Waals surface area contributed by atoms with Crippen molar-refractivity contribution in [1.29, 1.82) is 0 Å². The second-order valence-corrected chi connectivity index (χ2v) is 8.07. The maximum atomic E-state index is 12.8. The molecular weight excluding hydrogens is 350 g/mol. The zero-order chi connectivity index (χ0) is 19.5. The van der Waals surface area contributed by atoms with Gasteiger partial charge in [0, 0.05) is 19.2 Å². The summed E-state index contributed by atoms with van der Waals surface area (Å²) in [5.74, 6) is 0.146. The number of pyridine rings is 1. The van der Waals surface area contributed by atoms with E-state index in [0.717, 1.165) is 27.8 Å². The van der Waals surface area contributed by atoms with Gasteiger partial charge in [-0.15, -0.1) is 0 Å². The maximum absolute atomic E-state index is 12.8. The molecule has 0 atom stereocenters. The van der Waals surface area contributed by atoms with Crippen LogP contribution in [-0.4, -0.2) is 25.9 Å². The second kappa shape index (κ2) is 7.97. The SMILES string of the molecule is Cc1c(C)c(C)c(S(=O)(=O)NCCC(=O)Nc2ccccn2)c(C)c1C. The molecule has 1 amide bonds. The van der Waals surface area contributed by atoms with E-state index in [4.69, 9.17) is 0 Å². The highest BCUT2D eigenvalue weighted by Gasteiger charge is 2.23. The molecule has 0 radical (unpaired) electrons. The van der Waals surface area contributed by atoms with Gasteiger partial charge in [0.1, 0.15) is 5.82 Å². The largest absolute Gasteiger partial charge is 0.311 e. The van der Waals surface area contributed by atoms with E-state index in [1.54, 1.807) is 24.4 Å². The summed E-state index contributed by atoms with van der Waals surface area (Å²) in [6, 6.07) is 5.19. The number of nitrogens with zero attached hydrogens (tertiary/aromatic N) is 1. The molecule has 2 N–H and O–H groups in total.